The maximum atomic E-state index is 12.2. The quantitative estimate of drug-likeness (QED) is 0.406. The Morgan fingerprint density at radius 2 is 2.04 bits per heavy atom. The summed E-state index contributed by atoms with van der Waals surface area (Å²) >= 11 is 5.92. The van der Waals surface area contributed by atoms with Gasteiger partial charge in [0.2, 0.25) is 0 Å². The van der Waals surface area contributed by atoms with Crippen LogP contribution in [0, 0.1) is 18.3 Å². The topological polar surface area (TPSA) is 83.4 Å². The van der Waals surface area contributed by atoms with Gasteiger partial charge in [-0.15, -0.1) is 0 Å². The molecule has 0 aliphatic carbocycles. The number of halogens is 1. The number of benzene rings is 1. The van der Waals surface area contributed by atoms with Crippen LogP contribution in [0.1, 0.15) is 19.4 Å². The number of anilines is 1. The molecular weight excluding hydrogens is 330 g/mol. The summed E-state index contributed by atoms with van der Waals surface area (Å²) in [5, 5.41) is 15.2. The van der Waals surface area contributed by atoms with Crippen LogP contribution in [0.4, 0.5) is 5.69 Å². The van der Waals surface area contributed by atoms with Gasteiger partial charge in [-0.05, 0) is 38.5 Å². The first kappa shape index (κ1) is 20.0. The second-order valence-corrected chi connectivity index (χ2v) is 5.27. The minimum atomic E-state index is -0.514. The summed E-state index contributed by atoms with van der Waals surface area (Å²) < 4.78 is 10.7. The highest BCUT2D eigenvalue weighted by Crippen LogP contribution is 2.20. The van der Waals surface area contributed by atoms with E-state index >= 15 is 0 Å². The fourth-order valence-electron chi connectivity index (χ4n) is 1.86. The van der Waals surface area contributed by atoms with Gasteiger partial charge in [-0.2, -0.15) is 5.26 Å². The van der Waals surface area contributed by atoms with Crippen molar-refractivity contribution in [2.24, 2.45) is 0 Å². The molecular formula is C17H22ClN3O3. The van der Waals surface area contributed by atoms with E-state index in [1.165, 1.54) is 6.20 Å². The predicted molar refractivity (Wildman–Crippen MR) is 93.6 cm³/mol. The van der Waals surface area contributed by atoms with Gasteiger partial charge in [0.1, 0.15) is 11.6 Å². The Morgan fingerprint density at radius 1 is 1.38 bits per heavy atom. The van der Waals surface area contributed by atoms with Crippen LogP contribution in [-0.2, 0) is 14.3 Å². The van der Waals surface area contributed by atoms with E-state index in [-0.39, 0.29) is 5.57 Å². The van der Waals surface area contributed by atoms with Gasteiger partial charge in [0.25, 0.3) is 5.91 Å². The standard InChI is InChI=1S/C17H22ClN3O3/c1-4-23-16(24-5-2)11-20-10-13(9-19)17(22)21-15-8-14(18)7-6-12(15)3/h6-8,10,16,20H,4-5,11H2,1-3H3,(H,21,22)/b13-10-. The molecule has 7 heteroatoms. The number of aryl methyl sites for hydroxylation is 1. The Labute approximate surface area is 147 Å². The number of nitrogens with zero attached hydrogens (tertiary/aromatic N) is 1. The molecule has 1 rings (SSSR count). The highest BCUT2D eigenvalue weighted by Gasteiger charge is 2.12. The number of ether oxygens (including phenoxy) is 2. The zero-order valence-electron chi connectivity index (χ0n) is 14.1. The van der Waals surface area contributed by atoms with Crippen LogP contribution in [-0.4, -0.2) is 32.0 Å². The van der Waals surface area contributed by atoms with E-state index in [1.54, 1.807) is 18.2 Å². The monoisotopic (exact) mass is 351 g/mol. The van der Waals surface area contributed by atoms with Crippen LogP contribution < -0.4 is 10.6 Å². The molecule has 6 nitrogen and oxygen atoms in total. The van der Waals surface area contributed by atoms with Crippen molar-refractivity contribution in [1.29, 1.82) is 5.26 Å². The zero-order chi connectivity index (χ0) is 17.9. The summed E-state index contributed by atoms with van der Waals surface area (Å²) in [5.41, 5.74) is 1.36. The van der Waals surface area contributed by atoms with Gasteiger partial charge in [-0.3, -0.25) is 4.79 Å². The highest BCUT2D eigenvalue weighted by atomic mass is 35.5. The van der Waals surface area contributed by atoms with Crippen LogP contribution in [0.25, 0.3) is 0 Å². The number of carbonyl (C=O) groups excluding carboxylic acids is 1. The third kappa shape index (κ3) is 6.59. The van der Waals surface area contributed by atoms with Crippen LogP contribution in [0.3, 0.4) is 0 Å². The maximum Gasteiger partial charge on any atom is 0.267 e. The summed E-state index contributed by atoms with van der Waals surface area (Å²) in [4.78, 5) is 12.2. The summed E-state index contributed by atoms with van der Waals surface area (Å²) in [6.07, 6.45) is 0.912. The SMILES string of the molecule is CCOC(CN/C=C(/C#N)C(=O)Nc1cc(Cl)ccc1C)OCC. The van der Waals surface area contributed by atoms with Crippen molar-refractivity contribution in [2.75, 3.05) is 25.1 Å². The van der Waals surface area contributed by atoms with E-state index in [9.17, 15) is 4.79 Å². The van der Waals surface area contributed by atoms with Crippen molar-refractivity contribution in [2.45, 2.75) is 27.1 Å². The molecule has 0 aromatic heterocycles. The molecule has 0 saturated carbocycles. The average molecular weight is 352 g/mol. The Kier molecular flexibility index (Phi) is 8.87. The van der Waals surface area contributed by atoms with Crippen molar-refractivity contribution >= 4 is 23.2 Å². The summed E-state index contributed by atoms with van der Waals surface area (Å²) in [7, 11) is 0. The zero-order valence-corrected chi connectivity index (χ0v) is 14.8. The average Bonchev–Trinajstić information content (AvgIpc) is 2.55. The molecule has 2 N–H and O–H groups in total. The van der Waals surface area contributed by atoms with E-state index in [0.717, 1.165) is 5.56 Å². The Morgan fingerprint density at radius 3 is 2.62 bits per heavy atom. The first-order valence-electron chi connectivity index (χ1n) is 7.66. The van der Waals surface area contributed by atoms with E-state index < -0.39 is 12.2 Å². The highest BCUT2D eigenvalue weighted by molar-refractivity contribution is 6.31. The van der Waals surface area contributed by atoms with E-state index in [0.29, 0.717) is 30.5 Å². The van der Waals surface area contributed by atoms with Gasteiger partial charge in [0.05, 0.1) is 6.54 Å². The normalized spacial score (nSPS) is 11.2. The number of nitriles is 1. The Hall–Kier alpha value is -2.07. The van der Waals surface area contributed by atoms with Crippen molar-refractivity contribution < 1.29 is 14.3 Å². The number of amides is 1. The lowest BCUT2D eigenvalue weighted by molar-refractivity contribution is -0.131. The number of hydrogen-bond acceptors (Lipinski definition) is 5. The molecule has 0 atom stereocenters. The number of carbonyl (C=O) groups is 1. The first-order valence-corrected chi connectivity index (χ1v) is 8.03. The van der Waals surface area contributed by atoms with E-state index in [4.69, 9.17) is 26.3 Å². The molecule has 1 aromatic carbocycles. The molecule has 0 saturated heterocycles. The molecule has 1 amide bonds. The Balaban J connectivity index is 2.69. The lowest BCUT2D eigenvalue weighted by Gasteiger charge is -2.16. The number of hydrogen-bond donors (Lipinski definition) is 2. The van der Waals surface area contributed by atoms with Crippen LogP contribution in [0.15, 0.2) is 30.0 Å². The number of rotatable bonds is 9. The summed E-state index contributed by atoms with van der Waals surface area (Å²) in [6.45, 7) is 6.92. The van der Waals surface area contributed by atoms with E-state index in [2.05, 4.69) is 10.6 Å². The van der Waals surface area contributed by atoms with Crippen molar-refractivity contribution in [3.63, 3.8) is 0 Å². The molecule has 0 heterocycles. The van der Waals surface area contributed by atoms with Crippen molar-refractivity contribution in [1.82, 2.24) is 5.32 Å². The smallest absolute Gasteiger partial charge is 0.267 e. The second-order valence-electron chi connectivity index (χ2n) is 4.83. The van der Waals surface area contributed by atoms with Gasteiger partial charge in [0, 0.05) is 30.1 Å². The lowest BCUT2D eigenvalue weighted by atomic mass is 10.2. The molecule has 0 bridgehead atoms. The summed E-state index contributed by atoms with van der Waals surface area (Å²) in [5.74, 6) is -0.514. The fourth-order valence-corrected chi connectivity index (χ4v) is 2.03. The van der Waals surface area contributed by atoms with Gasteiger partial charge < -0.3 is 20.1 Å². The molecule has 0 unspecified atom stereocenters. The Bertz CT molecular complexity index is 620. The molecule has 0 aliphatic rings. The van der Waals surface area contributed by atoms with E-state index in [1.807, 2.05) is 26.8 Å². The fraction of sp³-hybridized carbons (Fsp3) is 0.412. The lowest BCUT2D eigenvalue weighted by Crippen LogP contribution is -2.29. The predicted octanol–water partition coefficient (Wildman–Crippen LogP) is 2.98. The van der Waals surface area contributed by atoms with Gasteiger partial charge in [-0.25, -0.2) is 0 Å². The first-order chi connectivity index (χ1) is 11.5. The third-order valence-electron chi connectivity index (χ3n) is 3.05. The molecule has 0 radical (unpaired) electrons. The van der Waals surface area contributed by atoms with Crippen LogP contribution >= 0.6 is 11.6 Å². The number of nitrogens with one attached hydrogen (secondary N) is 2. The molecule has 0 fully saturated rings. The minimum absolute atomic E-state index is 0.0545. The van der Waals surface area contributed by atoms with Crippen molar-refractivity contribution in [3.8, 4) is 6.07 Å². The summed E-state index contributed by atoms with van der Waals surface area (Å²) in [6, 6.07) is 7.03. The van der Waals surface area contributed by atoms with Crippen molar-refractivity contribution in [3.05, 3.63) is 40.6 Å². The molecule has 130 valence electrons. The molecule has 0 spiro atoms. The molecule has 24 heavy (non-hydrogen) atoms. The van der Waals surface area contributed by atoms with Gasteiger partial charge >= 0.3 is 0 Å². The largest absolute Gasteiger partial charge is 0.385 e. The van der Waals surface area contributed by atoms with Gasteiger partial charge in [0.15, 0.2) is 6.29 Å². The van der Waals surface area contributed by atoms with Crippen LogP contribution in [0.2, 0.25) is 5.02 Å². The molecule has 1 aromatic rings. The minimum Gasteiger partial charge on any atom is -0.385 e. The van der Waals surface area contributed by atoms with Gasteiger partial charge in [-0.1, -0.05) is 17.7 Å². The molecule has 0 aliphatic heterocycles. The maximum absolute atomic E-state index is 12.2. The third-order valence-corrected chi connectivity index (χ3v) is 3.28. The second kappa shape index (κ2) is 10.7. The van der Waals surface area contributed by atoms with Crippen LogP contribution in [0.5, 0.6) is 0 Å².